The van der Waals surface area contributed by atoms with Crippen LogP contribution in [0.3, 0.4) is 0 Å². The van der Waals surface area contributed by atoms with E-state index in [-0.39, 0.29) is 5.97 Å². The Morgan fingerprint density at radius 2 is 2.19 bits per heavy atom. The second-order valence-electron chi connectivity index (χ2n) is 5.62. The molecule has 2 rings (SSSR count). The van der Waals surface area contributed by atoms with Crippen LogP contribution in [-0.4, -0.2) is 30.4 Å². The minimum atomic E-state index is -0.551. The molecule has 3 nitrogen and oxygen atoms in total. The summed E-state index contributed by atoms with van der Waals surface area (Å²) in [6, 6.07) is 8.71. The molecule has 0 heterocycles. The average Bonchev–Trinajstić information content (AvgIpc) is 3.28. The third kappa shape index (κ3) is 5.01. The van der Waals surface area contributed by atoms with Gasteiger partial charge in [0.25, 0.3) is 0 Å². The van der Waals surface area contributed by atoms with E-state index >= 15 is 0 Å². The molecule has 0 aromatic heterocycles. The molecule has 1 unspecified atom stereocenters. The summed E-state index contributed by atoms with van der Waals surface area (Å²) < 4.78 is 6.09. The van der Waals surface area contributed by atoms with Gasteiger partial charge in [0.1, 0.15) is 5.54 Å². The van der Waals surface area contributed by atoms with Crippen molar-refractivity contribution in [2.24, 2.45) is 0 Å². The zero-order valence-electron chi connectivity index (χ0n) is 12.5. The van der Waals surface area contributed by atoms with Crippen LogP contribution in [0.15, 0.2) is 33.6 Å². The molecule has 1 aliphatic carbocycles. The van der Waals surface area contributed by atoms with Gasteiger partial charge in [0.05, 0.1) is 7.11 Å². The maximum Gasteiger partial charge on any atom is 0.325 e. The molecule has 0 spiro atoms. The van der Waals surface area contributed by atoms with Crippen LogP contribution >= 0.6 is 27.7 Å². The number of esters is 1. The molecule has 116 valence electrons. The van der Waals surface area contributed by atoms with E-state index in [1.807, 2.05) is 30.8 Å². The molecule has 21 heavy (non-hydrogen) atoms. The first-order valence-corrected chi connectivity index (χ1v) is 9.06. The van der Waals surface area contributed by atoms with Crippen molar-refractivity contribution >= 4 is 33.7 Å². The van der Waals surface area contributed by atoms with E-state index < -0.39 is 5.54 Å². The van der Waals surface area contributed by atoms with Crippen LogP contribution in [0.4, 0.5) is 0 Å². The molecule has 1 aliphatic rings. The number of nitrogens with one attached hydrogen (secondary N) is 1. The highest BCUT2D eigenvalue weighted by Crippen LogP contribution is 2.30. The third-order valence-corrected chi connectivity index (χ3v) is 5.77. The highest BCUT2D eigenvalue weighted by atomic mass is 79.9. The van der Waals surface area contributed by atoms with Gasteiger partial charge in [-0.25, -0.2) is 0 Å². The summed E-state index contributed by atoms with van der Waals surface area (Å²) in [4.78, 5) is 13.3. The fourth-order valence-electron chi connectivity index (χ4n) is 2.31. The molecule has 1 saturated carbocycles. The fraction of sp³-hybridized carbons (Fsp3) is 0.562. The number of benzene rings is 1. The number of thioether (sulfide) groups is 1. The van der Waals surface area contributed by atoms with Crippen LogP contribution in [0.25, 0.3) is 0 Å². The number of halogens is 1. The van der Waals surface area contributed by atoms with Gasteiger partial charge in [0, 0.05) is 15.4 Å². The van der Waals surface area contributed by atoms with E-state index in [4.69, 9.17) is 4.74 Å². The molecule has 0 radical (unpaired) electrons. The second-order valence-corrected chi connectivity index (χ2v) is 7.62. The average molecular weight is 372 g/mol. The van der Waals surface area contributed by atoms with E-state index in [9.17, 15) is 4.79 Å². The summed E-state index contributed by atoms with van der Waals surface area (Å²) in [6.45, 7) is 1.96. The van der Waals surface area contributed by atoms with Gasteiger partial charge < -0.3 is 4.74 Å². The van der Waals surface area contributed by atoms with Gasteiger partial charge in [0.2, 0.25) is 0 Å². The predicted molar refractivity (Wildman–Crippen MR) is 90.7 cm³/mol. The Hall–Kier alpha value is -0.520. The van der Waals surface area contributed by atoms with Crippen molar-refractivity contribution in [1.29, 1.82) is 0 Å². The summed E-state index contributed by atoms with van der Waals surface area (Å²) in [5, 5.41) is 3.44. The van der Waals surface area contributed by atoms with Crippen LogP contribution in [0.5, 0.6) is 0 Å². The monoisotopic (exact) mass is 371 g/mol. The van der Waals surface area contributed by atoms with Gasteiger partial charge in [-0.3, -0.25) is 10.1 Å². The van der Waals surface area contributed by atoms with Crippen LogP contribution in [0.1, 0.15) is 32.6 Å². The van der Waals surface area contributed by atoms with Crippen molar-refractivity contribution in [3.8, 4) is 0 Å². The van der Waals surface area contributed by atoms with Gasteiger partial charge in [-0.05, 0) is 66.4 Å². The molecular weight excluding hydrogens is 350 g/mol. The molecule has 0 amide bonds. The standard InChI is InChI=1S/C16H22BrNO2S/c1-16(15(19)20-2,18-12-8-9-12)10-5-11-21-14-7-4-3-6-13(14)17/h3-4,6-7,12,18H,5,8-11H2,1-2H3. The van der Waals surface area contributed by atoms with Crippen molar-refractivity contribution < 1.29 is 9.53 Å². The Balaban J connectivity index is 1.81. The number of carbonyl (C=O) groups is 1. The first-order valence-electron chi connectivity index (χ1n) is 7.28. The van der Waals surface area contributed by atoms with E-state index in [2.05, 4.69) is 33.4 Å². The fourth-order valence-corrected chi connectivity index (χ4v) is 3.82. The van der Waals surface area contributed by atoms with Gasteiger partial charge in [-0.1, -0.05) is 12.1 Å². The van der Waals surface area contributed by atoms with Crippen molar-refractivity contribution in [3.63, 3.8) is 0 Å². The first-order chi connectivity index (χ1) is 10.0. The quantitative estimate of drug-likeness (QED) is 0.425. The van der Waals surface area contributed by atoms with Crippen LogP contribution in [-0.2, 0) is 9.53 Å². The Labute approximate surface area is 139 Å². The Kier molecular flexibility index (Phi) is 6.14. The van der Waals surface area contributed by atoms with Gasteiger partial charge >= 0.3 is 5.97 Å². The SMILES string of the molecule is COC(=O)C(C)(CCCSc1ccccc1Br)NC1CC1. The van der Waals surface area contributed by atoms with Gasteiger partial charge in [0.15, 0.2) is 0 Å². The second kappa shape index (κ2) is 7.65. The van der Waals surface area contributed by atoms with Crippen LogP contribution in [0, 0.1) is 0 Å². The topological polar surface area (TPSA) is 38.3 Å². The van der Waals surface area contributed by atoms with Crippen molar-refractivity contribution in [2.75, 3.05) is 12.9 Å². The van der Waals surface area contributed by atoms with Crippen LogP contribution < -0.4 is 5.32 Å². The summed E-state index contributed by atoms with van der Waals surface area (Å²) in [6.07, 6.45) is 4.10. The zero-order chi connectivity index (χ0) is 15.3. The van der Waals surface area contributed by atoms with Gasteiger partial charge in [-0.2, -0.15) is 0 Å². The van der Waals surface area contributed by atoms with E-state index in [0.29, 0.717) is 6.04 Å². The van der Waals surface area contributed by atoms with Crippen molar-refractivity contribution in [3.05, 3.63) is 28.7 Å². The number of hydrogen-bond donors (Lipinski definition) is 1. The third-order valence-electron chi connectivity index (χ3n) is 3.65. The Morgan fingerprint density at radius 1 is 1.48 bits per heavy atom. The smallest absolute Gasteiger partial charge is 0.325 e. The molecule has 1 aromatic carbocycles. The molecule has 5 heteroatoms. The summed E-state index contributed by atoms with van der Waals surface area (Å²) in [5.41, 5.74) is -0.551. The lowest BCUT2D eigenvalue weighted by molar-refractivity contribution is -0.148. The number of methoxy groups -OCH3 is 1. The molecular formula is C16H22BrNO2S. The van der Waals surface area contributed by atoms with Crippen LogP contribution in [0.2, 0.25) is 0 Å². The lowest BCUT2D eigenvalue weighted by Gasteiger charge is -2.28. The summed E-state index contributed by atoms with van der Waals surface area (Å²) >= 11 is 5.37. The molecule has 1 fully saturated rings. The lowest BCUT2D eigenvalue weighted by Crippen LogP contribution is -2.51. The molecule has 1 atom stereocenters. The number of ether oxygens (including phenoxy) is 1. The van der Waals surface area contributed by atoms with Crippen molar-refractivity contribution in [2.45, 2.75) is 49.1 Å². The van der Waals surface area contributed by atoms with E-state index in [1.165, 1.54) is 12.0 Å². The molecule has 0 saturated heterocycles. The highest BCUT2D eigenvalue weighted by molar-refractivity contribution is 9.10. The lowest BCUT2D eigenvalue weighted by atomic mass is 9.96. The zero-order valence-corrected chi connectivity index (χ0v) is 14.9. The molecule has 0 bridgehead atoms. The largest absolute Gasteiger partial charge is 0.468 e. The van der Waals surface area contributed by atoms with Crippen molar-refractivity contribution in [1.82, 2.24) is 5.32 Å². The summed E-state index contributed by atoms with van der Waals surface area (Å²) in [5.74, 6) is 0.835. The number of carbonyl (C=O) groups excluding carboxylic acids is 1. The van der Waals surface area contributed by atoms with Gasteiger partial charge in [-0.15, -0.1) is 11.8 Å². The maximum atomic E-state index is 12.0. The normalized spacial score (nSPS) is 17.3. The number of hydrogen-bond acceptors (Lipinski definition) is 4. The Morgan fingerprint density at radius 3 is 2.81 bits per heavy atom. The molecule has 0 aliphatic heterocycles. The first kappa shape index (κ1) is 16.8. The van der Waals surface area contributed by atoms with E-state index in [0.717, 1.165) is 35.9 Å². The van der Waals surface area contributed by atoms with E-state index in [1.54, 1.807) is 0 Å². The Bertz CT molecular complexity index is 493. The molecule has 1 N–H and O–H groups in total. The highest BCUT2D eigenvalue weighted by Gasteiger charge is 2.38. The predicted octanol–water partition coefficient (Wildman–Crippen LogP) is 4.01. The minimum absolute atomic E-state index is 0.153. The summed E-state index contributed by atoms with van der Waals surface area (Å²) in [7, 11) is 1.46. The minimum Gasteiger partial charge on any atom is -0.468 e. The maximum absolute atomic E-state index is 12.0. The molecule has 1 aromatic rings. The number of rotatable bonds is 8.